The van der Waals surface area contributed by atoms with Gasteiger partial charge in [-0.05, 0) is 42.8 Å². The lowest BCUT2D eigenvalue weighted by atomic mass is 10.2. The van der Waals surface area contributed by atoms with Gasteiger partial charge >= 0.3 is 5.97 Å². The fourth-order valence-corrected chi connectivity index (χ4v) is 2.22. The molecule has 3 rings (SSSR count). The monoisotopic (exact) mass is 293 g/mol. The third-order valence-electron chi connectivity index (χ3n) is 3.15. The number of esters is 1. The van der Waals surface area contributed by atoms with Gasteiger partial charge in [0, 0.05) is 18.0 Å². The number of fused-ring (bicyclic) bond motifs is 1. The summed E-state index contributed by atoms with van der Waals surface area (Å²) in [5.41, 5.74) is 2.88. The van der Waals surface area contributed by atoms with Gasteiger partial charge in [0.15, 0.2) is 0 Å². The molecule has 0 bridgehead atoms. The van der Waals surface area contributed by atoms with Crippen LogP contribution in [0.15, 0.2) is 48.8 Å². The van der Waals surface area contributed by atoms with Crippen molar-refractivity contribution in [3.05, 3.63) is 54.4 Å². The molecule has 0 amide bonds. The van der Waals surface area contributed by atoms with Crippen molar-refractivity contribution in [2.45, 2.75) is 13.8 Å². The molecule has 22 heavy (non-hydrogen) atoms. The van der Waals surface area contributed by atoms with Gasteiger partial charge in [0.05, 0.1) is 5.52 Å². The Kier molecular flexibility index (Phi) is 3.70. The summed E-state index contributed by atoms with van der Waals surface area (Å²) in [6.07, 6.45) is 1.51. The van der Waals surface area contributed by atoms with Crippen LogP contribution in [0.3, 0.4) is 0 Å². The van der Waals surface area contributed by atoms with Crippen molar-refractivity contribution in [3.63, 3.8) is 0 Å². The number of carbonyl (C=O) groups excluding carboxylic acids is 1. The summed E-state index contributed by atoms with van der Waals surface area (Å²) in [6.45, 7) is 3.40. The van der Waals surface area contributed by atoms with Crippen LogP contribution in [0, 0.1) is 6.92 Å². The predicted molar refractivity (Wildman–Crippen MR) is 85.3 cm³/mol. The van der Waals surface area contributed by atoms with Crippen LogP contribution in [0.4, 0.5) is 11.5 Å². The van der Waals surface area contributed by atoms with Crippen LogP contribution in [0.1, 0.15) is 12.5 Å². The van der Waals surface area contributed by atoms with E-state index in [1.54, 1.807) is 18.2 Å². The van der Waals surface area contributed by atoms with Crippen molar-refractivity contribution in [2.24, 2.45) is 0 Å². The molecule has 5 nitrogen and oxygen atoms in total. The normalized spacial score (nSPS) is 10.5. The maximum absolute atomic E-state index is 11.1. The van der Waals surface area contributed by atoms with E-state index >= 15 is 0 Å². The van der Waals surface area contributed by atoms with Gasteiger partial charge in [0.1, 0.15) is 17.9 Å². The largest absolute Gasteiger partial charge is 0.427 e. The van der Waals surface area contributed by atoms with Crippen molar-refractivity contribution in [3.8, 4) is 5.75 Å². The van der Waals surface area contributed by atoms with E-state index in [2.05, 4.69) is 15.3 Å². The second-order valence-electron chi connectivity index (χ2n) is 4.99. The molecule has 0 aliphatic heterocycles. The summed E-state index contributed by atoms with van der Waals surface area (Å²) in [6, 6.07) is 13.3. The molecule has 1 N–H and O–H groups in total. The average Bonchev–Trinajstić information content (AvgIpc) is 2.47. The van der Waals surface area contributed by atoms with Gasteiger partial charge in [-0.15, -0.1) is 0 Å². The molecular formula is C17H15N3O2. The zero-order valence-corrected chi connectivity index (χ0v) is 12.3. The number of nitrogens with one attached hydrogen (secondary N) is 1. The first-order chi connectivity index (χ1) is 10.6. The van der Waals surface area contributed by atoms with Gasteiger partial charge in [-0.1, -0.05) is 12.1 Å². The second-order valence-corrected chi connectivity index (χ2v) is 4.99. The molecule has 2 aromatic carbocycles. The number of hydrogen-bond acceptors (Lipinski definition) is 5. The highest BCUT2D eigenvalue weighted by atomic mass is 16.5. The van der Waals surface area contributed by atoms with E-state index in [1.807, 2.05) is 31.2 Å². The number of hydrogen-bond donors (Lipinski definition) is 1. The SMILES string of the molecule is CC(=O)Oc1ccc2ncnc(Nc3cccc(C)c3)c2c1. The molecule has 0 aliphatic carbocycles. The lowest BCUT2D eigenvalue weighted by molar-refractivity contribution is -0.131. The maximum Gasteiger partial charge on any atom is 0.308 e. The minimum Gasteiger partial charge on any atom is -0.427 e. The average molecular weight is 293 g/mol. The lowest BCUT2D eigenvalue weighted by Crippen LogP contribution is -2.02. The van der Waals surface area contributed by atoms with E-state index < -0.39 is 0 Å². The van der Waals surface area contributed by atoms with Crippen LogP contribution in [-0.4, -0.2) is 15.9 Å². The molecule has 110 valence electrons. The van der Waals surface area contributed by atoms with Gasteiger partial charge in [-0.25, -0.2) is 9.97 Å². The van der Waals surface area contributed by atoms with Gasteiger partial charge in [-0.3, -0.25) is 4.79 Å². The fraction of sp³-hybridized carbons (Fsp3) is 0.118. The standard InChI is InChI=1S/C17H15N3O2/c1-11-4-3-5-13(8-11)20-17-15-9-14(22-12(2)21)6-7-16(15)18-10-19-17/h3-10H,1-2H3,(H,18,19,20). The van der Waals surface area contributed by atoms with Crippen LogP contribution in [0.25, 0.3) is 10.9 Å². The molecule has 0 atom stereocenters. The molecule has 0 unspecified atom stereocenters. The highest BCUT2D eigenvalue weighted by molar-refractivity contribution is 5.92. The third kappa shape index (κ3) is 3.03. The molecule has 0 saturated heterocycles. The van der Waals surface area contributed by atoms with Crippen molar-refractivity contribution >= 4 is 28.4 Å². The fourth-order valence-electron chi connectivity index (χ4n) is 2.22. The summed E-state index contributed by atoms with van der Waals surface area (Å²) >= 11 is 0. The van der Waals surface area contributed by atoms with Gasteiger partial charge in [0.25, 0.3) is 0 Å². The Morgan fingerprint density at radius 2 is 2.00 bits per heavy atom. The minimum absolute atomic E-state index is 0.357. The van der Waals surface area contributed by atoms with E-state index in [-0.39, 0.29) is 5.97 Å². The van der Waals surface area contributed by atoms with Crippen molar-refractivity contribution in [1.29, 1.82) is 0 Å². The first-order valence-corrected chi connectivity index (χ1v) is 6.89. The lowest BCUT2D eigenvalue weighted by Gasteiger charge is -2.10. The maximum atomic E-state index is 11.1. The number of aryl methyl sites for hydroxylation is 1. The number of carbonyl (C=O) groups is 1. The number of aromatic nitrogens is 2. The van der Waals surface area contributed by atoms with E-state index in [0.717, 1.165) is 22.2 Å². The number of anilines is 2. The Morgan fingerprint density at radius 1 is 1.14 bits per heavy atom. The zero-order valence-electron chi connectivity index (χ0n) is 12.3. The number of nitrogens with zero attached hydrogens (tertiary/aromatic N) is 2. The molecule has 0 spiro atoms. The van der Waals surface area contributed by atoms with Crippen molar-refractivity contribution in [2.75, 3.05) is 5.32 Å². The quantitative estimate of drug-likeness (QED) is 0.590. The minimum atomic E-state index is -0.357. The van der Waals surface area contributed by atoms with E-state index in [0.29, 0.717) is 11.6 Å². The van der Waals surface area contributed by atoms with Crippen LogP contribution >= 0.6 is 0 Å². The van der Waals surface area contributed by atoms with Crippen LogP contribution < -0.4 is 10.1 Å². The zero-order chi connectivity index (χ0) is 15.5. The third-order valence-corrected chi connectivity index (χ3v) is 3.15. The summed E-state index contributed by atoms with van der Waals surface area (Å²) in [5, 5.41) is 4.07. The first kappa shape index (κ1) is 14.0. The Balaban J connectivity index is 2.02. The Hall–Kier alpha value is -2.95. The van der Waals surface area contributed by atoms with E-state index in [1.165, 1.54) is 13.3 Å². The molecule has 3 aromatic rings. The summed E-state index contributed by atoms with van der Waals surface area (Å²) in [5.74, 6) is 0.788. The Morgan fingerprint density at radius 3 is 2.77 bits per heavy atom. The highest BCUT2D eigenvalue weighted by Gasteiger charge is 2.07. The Labute approximate surface area is 128 Å². The van der Waals surface area contributed by atoms with Crippen LogP contribution in [-0.2, 0) is 4.79 Å². The summed E-state index contributed by atoms with van der Waals surface area (Å²) in [7, 11) is 0. The smallest absolute Gasteiger partial charge is 0.308 e. The topological polar surface area (TPSA) is 64.1 Å². The molecule has 0 saturated carbocycles. The molecule has 5 heteroatoms. The summed E-state index contributed by atoms with van der Waals surface area (Å²) in [4.78, 5) is 19.6. The number of ether oxygens (including phenoxy) is 1. The van der Waals surface area contributed by atoms with E-state index in [9.17, 15) is 4.79 Å². The summed E-state index contributed by atoms with van der Waals surface area (Å²) < 4.78 is 5.12. The van der Waals surface area contributed by atoms with Crippen LogP contribution in [0.2, 0.25) is 0 Å². The van der Waals surface area contributed by atoms with E-state index in [4.69, 9.17) is 4.74 Å². The molecule has 1 aromatic heterocycles. The molecule has 0 fully saturated rings. The molecular weight excluding hydrogens is 278 g/mol. The number of benzene rings is 2. The van der Waals surface area contributed by atoms with Crippen LogP contribution in [0.5, 0.6) is 5.75 Å². The van der Waals surface area contributed by atoms with Crippen molar-refractivity contribution < 1.29 is 9.53 Å². The predicted octanol–water partition coefficient (Wildman–Crippen LogP) is 3.61. The molecule has 0 aliphatic rings. The molecule has 0 radical (unpaired) electrons. The van der Waals surface area contributed by atoms with Crippen molar-refractivity contribution in [1.82, 2.24) is 9.97 Å². The van der Waals surface area contributed by atoms with Gasteiger partial charge < -0.3 is 10.1 Å². The molecule has 1 heterocycles. The van der Waals surface area contributed by atoms with Gasteiger partial charge in [-0.2, -0.15) is 0 Å². The first-order valence-electron chi connectivity index (χ1n) is 6.89. The number of rotatable bonds is 3. The highest BCUT2D eigenvalue weighted by Crippen LogP contribution is 2.27. The van der Waals surface area contributed by atoms with Gasteiger partial charge in [0.2, 0.25) is 0 Å². The Bertz CT molecular complexity index is 846. The second kappa shape index (κ2) is 5.81.